The SMILES string of the molecule is O=C([O][Al]([Cl])[Cl])c1ccccc1. The summed E-state index contributed by atoms with van der Waals surface area (Å²) in [5.74, 6) is -0.461. The van der Waals surface area contributed by atoms with Gasteiger partial charge >= 0.3 is 18.6 Å². The Labute approximate surface area is 83.2 Å². The topological polar surface area (TPSA) is 26.3 Å². The van der Waals surface area contributed by atoms with E-state index in [9.17, 15) is 4.79 Å². The van der Waals surface area contributed by atoms with Gasteiger partial charge in [-0.2, -0.15) is 20.1 Å². The van der Waals surface area contributed by atoms with Gasteiger partial charge in [-0.25, -0.2) is 4.79 Å². The van der Waals surface area contributed by atoms with Crippen LogP contribution in [0.5, 0.6) is 0 Å². The third-order valence-electron chi connectivity index (χ3n) is 1.21. The van der Waals surface area contributed by atoms with Gasteiger partial charge in [0.1, 0.15) is 0 Å². The summed E-state index contributed by atoms with van der Waals surface area (Å²) in [7, 11) is 10.8. The van der Waals surface area contributed by atoms with Crippen LogP contribution in [0.2, 0.25) is 0 Å². The van der Waals surface area contributed by atoms with Gasteiger partial charge in [-0.15, -0.1) is 0 Å². The van der Waals surface area contributed by atoms with Crippen molar-refractivity contribution in [2.45, 2.75) is 0 Å². The molecule has 0 aromatic heterocycles. The normalized spacial score (nSPS) is 9.17. The van der Waals surface area contributed by atoms with Gasteiger partial charge in [0.2, 0.25) is 0 Å². The van der Waals surface area contributed by atoms with E-state index in [4.69, 9.17) is 20.1 Å². The summed E-state index contributed by atoms with van der Waals surface area (Å²) in [5, 5.41) is 0. The zero-order valence-electron chi connectivity index (χ0n) is 6.04. The molecule has 1 aromatic carbocycles. The fourth-order valence-corrected chi connectivity index (χ4v) is 1.51. The molecule has 0 fully saturated rings. The highest BCUT2D eigenvalue weighted by molar-refractivity contribution is 7.31. The molecule has 0 bridgehead atoms. The largest absolute Gasteiger partial charge is 0.817 e. The molecule has 12 heavy (non-hydrogen) atoms. The summed E-state index contributed by atoms with van der Waals surface area (Å²) >= 11 is -2.30. The molecule has 0 atom stereocenters. The quantitative estimate of drug-likeness (QED) is 0.713. The van der Waals surface area contributed by atoms with Gasteiger partial charge in [0.05, 0.1) is 5.56 Å². The molecular formula is C7H5AlCl2O2. The van der Waals surface area contributed by atoms with Crippen molar-refractivity contribution in [3.8, 4) is 0 Å². The van der Waals surface area contributed by atoms with E-state index >= 15 is 0 Å². The van der Waals surface area contributed by atoms with Crippen molar-refractivity contribution in [3.05, 3.63) is 35.9 Å². The first kappa shape index (κ1) is 9.89. The molecule has 62 valence electrons. The average Bonchev–Trinajstić information content (AvgIpc) is 2.05. The summed E-state index contributed by atoms with van der Waals surface area (Å²) in [6, 6.07) is 8.60. The molecule has 0 radical (unpaired) electrons. The van der Waals surface area contributed by atoms with E-state index in [2.05, 4.69) is 3.79 Å². The van der Waals surface area contributed by atoms with Crippen molar-refractivity contribution in [1.29, 1.82) is 0 Å². The maximum absolute atomic E-state index is 11.1. The molecule has 2 nitrogen and oxygen atoms in total. The second-order valence-corrected chi connectivity index (χ2v) is 5.84. The number of halogens is 2. The van der Waals surface area contributed by atoms with Crippen LogP contribution in [0.3, 0.4) is 0 Å². The molecule has 1 rings (SSSR count). The predicted molar refractivity (Wildman–Crippen MR) is 49.3 cm³/mol. The zero-order valence-corrected chi connectivity index (χ0v) is 8.70. The number of carbonyl (C=O) groups excluding carboxylic acids is 1. The zero-order chi connectivity index (χ0) is 8.97. The Kier molecular flexibility index (Phi) is 3.90. The van der Waals surface area contributed by atoms with E-state index in [0.29, 0.717) is 5.56 Å². The Bertz CT molecular complexity index is 263. The highest BCUT2D eigenvalue weighted by Crippen LogP contribution is 2.05. The lowest BCUT2D eigenvalue weighted by molar-refractivity contribution is 0.0743. The van der Waals surface area contributed by atoms with Crippen LogP contribution in [0, 0.1) is 0 Å². The van der Waals surface area contributed by atoms with Crippen LogP contribution in [-0.2, 0) is 3.79 Å². The lowest BCUT2D eigenvalue weighted by Crippen LogP contribution is -2.11. The number of rotatable bonds is 2. The fraction of sp³-hybridized carbons (Fsp3) is 0. The molecule has 0 spiro atoms. The molecule has 0 saturated carbocycles. The van der Waals surface area contributed by atoms with Crippen LogP contribution in [0.1, 0.15) is 10.4 Å². The van der Waals surface area contributed by atoms with Crippen LogP contribution in [-0.4, -0.2) is 18.6 Å². The van der Waals surface area contributed by atoms with E-state index in [1.54, 1.807) is 24.3 Å². The first-order valence-electron chi connectivity index (χ1n) is 3.24. The predicted octanol–water partition coefficient (Wildman–Crippen LogP) is 2.31. The molecule has 5 heteroatoms. The van der Waals surface area contributed by atoms with E-state index < -0.39 is 18.6 Å². The summed E-state index contributed by atoms with van der Waals surface area (Å²) in [5.41, 5.74) is 0.469. The summed E-state index contributed by atoms with van der Waals surface area (Å²) in [6.45, 7) is 0. The smallest absolute Gasteiger partial charge is 0.590 e. The van der Waals surface area contributed by atoms with Crippen molar-refractivity contribution in [3.63, 3.8) is 0 Å². The van der Waals surface area contributed by atoms with Gasteiger partial charge in [-0.1, -0.05) is 18.2 Å². The number of carbonyl (C=O) groups is 1. The number of benzene rings is 1. The lowest BCUT2D eigenvalue weighted by Gasteiger charge is -2.02. The first-order valence-corrected chi connectivity index (χ1v) is 7.20. The van der Waals surface area contributed by atoms with Crippen LogP contribution in [0.25, 0.3) is 0 Å². The summed E-state index contributed by atoms with van der Waals surface area (Å²) < 4.78 is 4.67. The van der Waals surface area contributed by atoms with Crippen molar-refractivity contribution in [2.24, 2.45) is 0 Å². The Hall–Kier alpha value is -0.198. The maximum atomic E-state index is 11.1. The van der Waals surface area contributed by atoms with Crippen molar-refractivity contribution in [1.82, 2.24) is 0 Å². The molecule has 0 unspecified atom stereocenters. The Morgan fingerprint density at radius 3 is 2.33 bits per heavy atom. The average molecular weight is 219 g/mol. The van der Waals surface area contributed by atoms with Crippen molar-refractivity contribution >= 4 is 38.7 Å². The molecule has 0 saturated heterocycles. The van der Waals surface area contributed by atoms with E-state index in [1.807, 2.05) is 6.07 Å². The molecular weight excluding hydrogens is 214 g/mol. The van der Waals surface area contributed by atoms with E-state index in [0.717, 1.165) is 0 Å². The summed E-state index contributed by atoms with van der Waals surface area (Å²) in [4.78, 5) is 11.1. The van der Waals surface area contributed by atoms with E-state index in [1.165, 1.54) is 0 Å². The van der Waals surface area contributed by atoms with Crippen molar-refractivity contribution in [2.75, 3.05) is 0 Å². The molecule has 0 aliphatic rings. The Morgan fingerprint density at radius 1 is 1.25 bits per heavy atom. The molecule has 0 aliphatic heterocycles. The van der Waals surface area contributed by atoms with Gasteiger partial charge in [-0.05, 0) is 12.1 Å². The van der Waals surface area contributed by atoms with Crippen LogP contribution >= 0.6 is 20.1 Å². The minimum atomic E-state index is -2.30. The number of hydrogen-bond acceptors (Lipinski definition) is 2. The van der Waals surface area contributed by atoms with Crippen molar-refractivity contribution < 1.29 is 8.58 Å². The highest BCUT2D eigenvalue weighted by Gasteiger charge is 2.21. The van der Waals surface area contributed by atoms with Crippen LogP contribution in [0.4, 0.5) is 0 Å². The lowest BCUT2D eigenvalue weighted by atomic mass is 10.2. The molecule has 0 heterocycles. The minimum absolute atomic E-state index is 0.461. The molecule has 0 N–H and O–H groups in total. The van der Waals surface area contributed by atoms with Gasteiger partial charge < -0.3 is 3.79 Å². The van der Waals surface area contributed by atoms with Gasteiger partial charge in [0, 0.05) is 0 Å². The Balaban J connectivity index is 2.66. The Morgan fingerprint density at radius 2 is 1.83 bits per heavy atom. The van der Waals surface area contributed by atoms with Crippen LogP contribution in [0.15, 0.2) is 30.3 Å². The molecule has 0 amide bonds. The first-order chi connectivity index (χ1) is 5.70. The monoisotopic (exact) mass is 218 g/mol. The summed E-state index contributed by atoms with van der Waals surface area (Å²) in [6.07, 6.45) is 0. The molecule has 0 aliphatic carbocycles. The third kappa shape index (κ3) is 3.04. The van der Waals surface area contributed by atoms with Gasteiger partial charge in [-0.3, -0.25) is 0 Å². The minimum Gasteiger partial charge on any atom is -0.590 e. The second kappa shape index (κ2) is 4.74. The molecule has 1 aromatic rings. The standard InChI is InChI=1S/C7H6O2.Al.2ClH/c8-7(9)6-4-2-1-3-5-6;;;/h1-5H,(H,8,9);;2*1H/q;+3;;/p-3. The fourth-order valence-electron chi connectivity index (χ4n) is 0.723. The van der Waals surface area contributed by atoms with E-state index in [-0.39, 0.29) is 0 Å². The maximum Gasteiger partial charge on any atom is 0.817 e. The highest BCUT2D eigenvalue weighted by atomic mass is 35.7. The van der Waals surface area contributed by atoms with Gasteiger partial charge in [0.15, 0.2) is 0 Å². The van der Waals surface area contributed by atoms with Gasteiger partial charge in [0.25, 0.3) is 0 Å². The number of hydrogen-bond donors (Lipinski definition) is 0. The van der Waals surface area contributed by atoms with Crippen LogP contribution < -0.4 is 0 Å². The third-order valence-corrected chi connectivity index (χ3v) is 2.13. The second-order valence-electron chi connectivity index (χ2n) is 2.03.